The van der Waals surface area contributed by atoms with Crippen LogP contribution in [0.2, 0.25) is 0 Å². The Morgan fingerprint density at radius 2 is 1.55 bits per heavy atom. The zero-order valence-electron chi connectivity index (χ0n) is 8.86. The van der Waals surface area contributed by atoms with Crippen LogP contribution in [0.4, 0.5) is 0 Å². The molecule has 11 heavy (non-hydrogen) atoms. The Labute approximate surface area is 71.6 Å². The van der Waals surface area contributed by atoms with Gasteiger partial charge >= 0.3 is 0 Å². The van der Waals surface area contributed by atoms with E-state index in [1.54, 1.807) is 0 Å². The molecule has 0 rings (SSSR count). The molecule has 0 aliphatic carbocycles. The van der Waals surface area contributed by atoms with E-state index in [1.165, 1.54) is 0 Å². The maximum Gasteiger partial charge on any atom is 0.0148 e. The molecule has 0 spiro atoms. The molecule has 0 aromatic heterocycles. The van der Waals surface area contributed by atoms with Crippen molar-refractivity contribution in [3.8, 4) is 0 Å². The van der Waals surface area contributed by atoms with Crippen molar-refractivity contribution in [1.29, 1.82) is 0 Å². The molecule has 0 saturated carbocycles. The molecule has 0 atom stereocenters. The fourth-order valence-corrected chi connectivity index (χ4v) is 0.671. The maximum absolute atomic E-state index is 3.56. The maximum atomic E-state index is 3.56. The lowest BCUT2D eigenvalue weighted by Gasteiger charge is -2.31. The minimum absolute atomic E-state index is 0.282. The lowest BCUT2D eigenvalue weighted by atomic mass is 9.90. The van der Waals surface area contributed by atoms with Gasteiger partial charge in [0.25, 0.3) is 0 Å². The van der Waals surface area contributed by atoms with E-state index in [9.17, 15) is 0 Å². The van der Waals surface area contributed by atoms with Crippen molar-refractivity contribution in [3.05, 3.63) is 0 Å². The molecule has 0 bridgehead atoms. The third-order valence-corrected chi connectivity index (χ3v) is 2.41. The van der Waals surface area contributed by atoms with Crippen LogP contribution in [-0.4, -0.2) is 12.1 Å². The Hall–Kier alpha value is -0.0400. The smallest absolute Gasteiger partial charge is 0.0148 e. The fraction of sp³-hybridized carbons (Fsp3) is 1.00. The van der Waals surface area contributed by atoms with E-state index in [4.69, 9.17) is 0 Å². The van der Waals surface area contributed by atoms with Crippen LogP contribution in [0.5, 0.6) is 0 Å². The van der Waals surface area contributed by atoms with Crippen LogP contribution in [0.1, 0.15) is 41.5 Å². The van der Waals surface area contributed by atoms with Gasteiger partial charge in [0.05, 0.1) is 0 Å². The highest BCUT2D eigenvalue weighted by atomic mass is 15.0. The Kier molecular flexibility index (Phi) is 4.09. The molecule has 0 amide bonds. The molecule has 0 heterocycles. The average molecular weight is 157 g/mol. The van der Waals surface area contributed by atoms with Crippen molar-refractivity contribution in [3.63, 3.8) is 0 Å². The predicted molar refractivity (Wildman–Crippen MR) is 51.8 cm³/mol. The van der Waals surface area contributed by atoms with Gasteiger partial charge in [-0.25, -0.2) is 0 Å². The minimum atomic E-state index is 0.282. The first-order chi connectivity index (χ1) is 4.86. The van der Waals surface area contributed by atoms with Gasteiger partial charge in [0.1, 0.15) is 0 Å². The Morgan fingerprint density at radius 3 is 1.82 bits per heavy atom. The Morgan fingerprint density at radius 1 is 1.09 bits per heavy atom. The highest BCUT2D eigenvalue weighted by Crippen LogP contribution is 2.14. The van der Waals surface area contributed by atoms with Crippen LogP contribution in [0.25, 0.3) is 0 Å². The summed E-state index contributed by atoms with van der Waals surface area (Å²) >= 11 is 0. The molecule has 1 heteroatoms. The van der Waals surface area contributed by atoms with E-state index in [0.717, 1.165) is 12.5 Å². The first kappa shape index (κ1) is 11.0. The third-order valence-electron chi connectivity index (χ3n) is 2.41. The SMILES string of the molecule is CC(C)CNC(C)(C)C(C)C. The Bertz CT molecular complexity index is 103. The van der Waals surface area contributed by atoms with E-state index < -0.39 is 0 Å². The number of rotatable bonds is 4. The van der Waals surface area contributed by atoms with Gasteiger partial charge in [0.2, 0.25) is 0 Å². The summed E-state index contributed by atoms with van der Waals surface area (Å²) in [4.78, 5) is 0. The van der Waals surface area contributed by atoms with Crippen molar-refractivity contribution in [2.75, 3.05) is 6.54 Å². The van der Waals surface area contributed by atoms with E-state index in [0.29, 0.717) is 5.92 Å². The summed E-state index contributed by atoms with van der Waals surface area (Å²) in [5, 5.41) is 3.56. The first-order valence-corrected chi connectivity index (χ1v) is 4.61. The highest BCUT2D eigenvalue weighted by Gasteiger charge is 2.20. The lowest BCUT2D eigenvalue weighted by molar-refractivity contribution is 0.276. The van der Waals surface area contributed by atoms with Crippen LogP contribution >= 0.6 is 0 Å². The molecule has 0 unspecified atom stereocenters. The molecular weight excluding hydrogens is 134 g/mol. The second kappa shape index (κ2) is 4.10. The van der Waals surface area contributed by atoms with Gasteiger partial charge < -0.3 is 5.32 Å². The van der Waals surface area contributed by atoms with Crippen molar-refractivity contribution >= 4 is 0 Å². The van der Waals surface area contributed by atoms with Crippen LogP contribution < -0.4 is 5.32 Å². The molecule has 0 aromatic rings. The summed E-state index contributed by atoms with van der Waals surface area (Å²) in [6.07, 6.45) is 0. The second-order valence-corrected chi connectivity index (χ2v) is 4.65. The molecule has 1 N–H and O–H groups in total. The quantitative estimate of drug-likeness (QED) is 0.661. The van der Waals surface area contributed by atoms with Gasteiger partial charge in [-0.15, -0.1) is 0 Å². The average Bonchev–Trinajstić information content (AvgIpc) is 1.84. The largest absolute Gasteiger partial charge is 0.311 e. The number of hydrogen-bond acceptors (Lipinski definition) is 1. The standard InChI is InChI=1S/C10H23N/c1-8(2)7-11-10(5,6)9(3)4/h8-9,11H,7H2,1-6H3. The van der Waals surface area contributed by atoms with Crippen molar-refractivity contribution < 1.29 is 0 Å². The second-order valence-electron chi connectivity index (χ2n) is 4.65. The van der Waals surface area contributed by atoms with Crippen LogP contribution in [0.3, 0.4) is 0 Å². The number of nitrogens with one attached hydrogen (secondary N) is 1. The molecule has 0 radical (unpaired) electrons. The van der Waals surface area contributed by atoms with Crippen molar-refractivity contribution in [2.45, 2.75) is 47.1 Å². The van der Waals surface area contributed by atoms with Crippen LogP contribution in [0.15, 0.2) is 0 Å². The van der Waals surface area contributed by atoms with Crippen LogP contribution in [-0.2, 0) is 0 Å². The monoisotopic (exact) mass is 157 g/mol. The van der Waals surface area contributed by atoms with Gasteiger partial charge in [-0.2, -0.15) is 0 Å². The molecule has 0 saturated heterocycles. The minimum Gasteiger partial charge on any atom is -0.311 e. The number of hydrogen-bond donors (Lipinski definition) is 1. The predicted octanol–water partition coefficient (Wildman–Crippen LogP) is 2.67. The van der Waals surface area contributed by atoms with E-state index in [-0.39, 0.29) is 5.54 Å². The summed E-state index contributed by atoms with van der Waals surface area (Å²) in [6, 6.07) is 0. The van der Waals surface area contributed by atoms with Gasteiger partial charge in [-0.05, 0) is 32.2 Å². The van der Waals surface area contributed by atoms with E-state index in [1.807, 2.05) is 0 Å². The molecular formula is C10H23N. The first-order valence-electron chi connectivity index (χ1n) is 4.61. The zero-order valence-corrected chi connectivity index (χ0v) is 8.86. The Balaban J connectivity index is 3.73. The summed E-state index contributed by atoms with van der Waals surface area (Å²) in [5.41, 5.74) is 0.282. The molecule has 1 nitrogen and oxygen atoms in total. The van der Waals surface area contributed by atoms with Gasteiger partial charge in [-0.3, -0.25) is 0 Å². The van der Waals surface area contributed by atoms with Gasteiger partial charge in [0, 0.05) is 5.54 Å². The summed E-state index contributed by atoms with van der Waals surface area (Å²) in [6.45, 7) is 14.6. The highest BCUT2D eigenvalue weighted by molar-refractivity contribution is 4.80. The molecule has 0 aromatic carbocycles. The summed E-state index contributed by atoms with van der Waals surface area (Å²) in [7, 11) is 0. The third kappa shape index (κ3) is 4.41. The normalized spacial score (nSPS) is 13.1. The summed E-state index contributed by atoms with van der Waals surface area (Å²) in [5.74, 6) is 1.44. The van der Waals surface area contributed by atoms with E-state index in [2.05, 4.69) is 46.9 Å². The summed E-state index contributed by atoms with van der Waals surface area (Å²) < 4.78 is 0. The van der Waals surface area contributed by atoms with Gasteiger partial charge in [0.15, 0.2) is 0 Å². The zero-order chi connectivity index (χ0) is 9.07. The van der Waals surface area contributed by atoms with Crippen LogP contribution in [0, 0.1) is 11.8 Å². The van der Waals surface area contributed by atoms with Gasteiger partial charge in [-0.1, -0.05) is 27.7 Å². The molecule has 0 fully saturated rings. The lowest BCUT2D eigenvalue weighted by Crippen LogP contribution is -2.45. The van der Waals surface area contributed by atoms with Crippen molar-refractivity contribution in [1.82, 2.24) is 5.32 Å². The van der Waals surface area contributed by atoms with E-state index >= 15 is 0 Å². The fourth-order valence-electron chi connectivity index (χ4n) is 0.671. The molecule has 68 valence electrons. The molecule has 0 aliphatic heterocycles. The van der Waals surface area contributed by atoms with Crippen molar-refractivity contribution in [2.24, 2.45) is 11.8 Å². The topological polar surface area (TPSA) is 12.0 Å². The molecule has 0 aliphatic rings.